The van der Waals surface area contributed by atoms with Gasteiger partial charge >= 0.3 is 0 Å². The number of aromatic nitrogens is 3. The summed E-state index contributed by atoms with van der Waals surface area (Å²) in [5, 5.41) is 4.20. The Morgan fingerprint density at radius 2 is 1.00 bits per heavy atom. The predicted molar refractivity (Wildman–Crippen MR) is 202 cm³/mol. The topological polar surface area (TPSA) is 65.0 Å². The Morgan fingerprint density at radius 1 is 0.380 bits per heavy atom. The van der Waals surface area contributed by atoms with Gasteiger partial charge in [-0.1, -0.05) is 121 Å². The molecule has 5 nitrogen and oxygen atoms in total. The fourth-order valence-electron chi connectivity index (χ4n) is 7.01. The second kappa shape index (κ2) is 11.4. The highest BCUT2D eigenvalue weighted by Crippen LogP contribution is 2.44. The minimum atomic E-state index is 0.656. The summed E-state index contributed by atoms with van der Waals surface area (Å²) in [6.07, 6.45) is 1.81. The highest BCUT2D eigenvalue weighted by atomic mass is 16.3. The molecule has 4 heterocycles. The molecule has 0 bridgehead atoms. The first-order valence-corrected chi connectivity index (χ1v) is 16.6. The van der Waals surface area contributed by atoms with Gasteiger partial charge in [-0.15, -0.1) is 0 Å². The zero-order valence-electron chi connectivity index (χ0n) is 26.7. The van der Waals surface area contributed by atoms with Crippen LogP contribution in [0.2, 0.25) is 0 Å². The first-order chi connectivity index (χ1) is 24.8. The molecule has 6 aromatic carbocycles. The maximum Gasteiger partial charge on any atom is 0.160 e. The Morgan fingerprint density at radius 3 is 1.80 bits per heavy atom. The average molecular weight is 642 g/mol. The highest BCUT2D eigenvalue weighted by molar-refractivity contribution is 6.18. The molecule has 0 spiro atoms. The van der Waals surface area contributed by atoms with Crippen molar-refractivity contribution >= 4 is 43.9 Å². The maximum atomic E-state index is 6.72. The van der Waals surface area contributed by atoms with Gasteiger partial charge in [-0.25, -0.2) is 9.97 Å². The van der Waals surface area contributed by atoms with Crippen molar-refractivity contribution in [2.24, 2.45) is 0 Å². The molecule has 10 aromatic rings. The third-order valence-corrected chi connectivity index (χ3v) is 9.40. The van der Waals surface area contributed by atoms with Gasteiger partial charge in [0.2, 0.25) is 0 Å². The molecule has 0 atom stereocenters. The number of hydrogen-bond donors (Lipinski definition) is 0. The van der Waals surface area contributed by atoms with Crippen molar-refractivity contribution < 1.29 is 8.83 Å². The number of para-hydroxylation sites is 3. The molecule has 0 unspecified atom stereocenters. The first-order valence-electron chi connectivity index (χ1n) is 16.6. The highest BCUT2D eigenvalue weighted by Gasteiger charge is 2.22. The van der Waals surface area contributed by atoms with Crippen LogP contribution < -0.4 is 0 Å². The van der Waals surface area contributed by atoms with Crippen molar-refractivity contribution in [2.75, 3.05) is 0 Å². The van der Waals surface area contributed by atoms with Gasteiger partial charge in [0.15, 0.2) is 5.82 Å². The lowest BCUT2D eigenvalue weighted by molar-refractivity contribution is 0.665. The van der Waals surface area contributed by atoms with Crippen LogP contribution in [0.3, 0.4) is 0 Å². The molecule has 0 amide bonds. The van der Waals surface area contributed by atoms with Crippen LogP contribution in [0.1, 0.15) is 0 Å². The standard InChI is InChI=1S/C45H27N3O2/c1-2-11-30(12-3-1)45-47-38(29-22-20-28(21-23-29)37-17-8-9-26-46-37)27-39(48-45)35-25-24-34(44-42(35)36-14-5-7-19-41(36)50-44)33-16-10-15-32-31-13-4-6-18-40(31)49-43(32)33/h1-27H. The van der Waals surface area contributed by atoms with E-state index in [0.29, 0.717) is 5.82 Å². The Hall–Kier alpha value is -6.85. The van der Waals surface area contributed by atoms with Crippen molar-refractivity contribution in [3.63, 3.8) is 0 Å². The van der Waals surface area contributed by atoms with Crippen LogP contribution in [0.15, 0.2) is 173 Å². The summed E-state index contributed by atoms with van der Waals surface area (Å²) in [7, 11) is 0. The molecule has 234 valence electrons. The predicted octanol–water partition coefficient (Wildman–Crippen LogP) is 12.0. The Kier molecular flexibility index (Phi) is 6.42. The Bertz CT molecular complexity index is 2850. The van der Waals surface area contributed by atoms with Gasteiger partial charge in [0.1, 0.15) is 22.3 Å². The van der Waals surface area contributed by atoms with E-state index in [1.807, 2.05) is 85.1 Å². The van der Waals surface area contributed by atoms with E-state index in [1.54, 1.807) is 0 Å². The van der Waals surface area contributed by atoms with Crippen LogP contribution in [-0.4, -0.2) is 15.0 Å². The van der Waals surface area contributed by atoms with Crippen molar-refractivity contribution in [3.8, 4) is 56.3 Å². The van der Waals surface area contributed by atoms with Gasteiger partial charge in [0, 0.05) is 61.1 Å². The molecule has 0 saturated heterocycles. The van der Waals surface area contributed by atoms with Gasteiger partial charge in [-0.05, 0) is 36.4 Å². The molecule has 50 heavy (non-hydrogen) atoms. The number of rotatable bonds is 5. The van der Waals surface area contributed by atoms with Gasteiger partial charge in [-0.3, -0.25) is 4.98 Å². The quantitative estimate of drug-likeness (QED) is 0.187. The fourth-order valence-corrected chi connectivity index (χ4v) is 7.01. The van der Waals surface area contributed by atoms with E-state index in [-0.39, 0.29) is 0 Å². The van der Waals surface area contributed by atoms with Crippen LogP contribution in [0, 0.1) is 0 Å². The lowest BCUT2D eigenvalue weighted by Gasteiger charge is -2.12. The summed E-state index contributed by atoms with van der Waals surface area (Å²) < 4.78 is 13.2. The van der Waals surface area contributed by atoms with Crippen LogP contribution in [0.4, 0.5) is 0 Å². The molecule has 10 rings (SSSR count). The third kappa shape index (κ3) is 4.60. The second-order valence-corrected chi connectivity index (χ2v) is 12.4. The number of nitrogens with zero attached hydrogens (tertiary/aromatic N) is 3. The van der Waals surface area contributed by atoms with Crippen molar-refractivity contribution in [1.82, 2.24) is 15.0 Å². The van der Waals surface area contributed by atoms with Gasteiger partial charge in [0.05, 0.1) is 17.1 Å². The van der Waals surface area contributed by atoms with E-state index < -0.39 is 0 Å². The molecular weight excluding hydrogens is 615 g/mol. The molecule has 0 aliphatic carbocycles. The fraction of sp³-hybridized carbons (Fsp3) is 0. The van der Waals surface area contributed by atoms with Crippen LogP contribution in [0.5, 0.6) is 0 Å². The lowest BCUT2D eigenvalue weighted by atomic mass is 9.95. The summed E-state index contributed by atoms with van der Waals surface area (Å²) >= 11 is 0. The van der Waals surface area contributed by atoms with Gasteiger partial charge in [0.25, 0.3) is 0 Å². The number of furan rings is 2. The summed E-state index contributed by atoms with van der Waals surface area (Å²) in [5.74, 6) is 0.656. The maximum absolute atomic E-state index is 6.72. The lowest BCUT2D eigenvalue weighted by Crippen LogP contribution is -1.96. The molecule has 4 aromatic heterocycles. The van der Waals surface area contributed by atoms with E-state index in [4.69, 9.17) is 18.8 Å². The van der Waals surface area contributed by atoms with Crippen LogP contribution in [0.25, 0.3) is 100 Å². The van der Waals surface area contributed by atoms with Crippen LogP contribution in [-0.2, 0) is 0 Å². The van der Waals surface area contributed by atoms with Gasteiger partial charge in [-0.2, -0.15) is 0 Å². The molecular formula is C45H27N3O2. The summed E-state index contributed by atoms with van der Waals surface area (Å²) in [6, 6.07) is 53.5. The molecule has 0 aliphatic heterocycles. The molecule has 5 heteroatoms. The van der Waals surface area contributed by atoms with Crippen molar-refractivity contribution in [2.45, 2.75) is 0 Å². The third-order valence-electron chi connectivity index (χ3n) is 9.40. The molecule has 0 N–H and O–H groups in total. The van der Waals surface area contributed by atoms with Crippen LogP contribution >= 0.6 is 0 Å². The SMILES string of the molecule is c1ccc(-c2nc(-c3ccc(-c4ccccn4)cc3)cc(-c3ccc(-c4cccc5c4oc4ccccc45)c4oc5ccccc5c34)n2)cc1. The minimum Gasteiger partial charge on any atom is -0.455 e. The van der Waals surface area contributed by atoms with E-state index in [2.05, 4.69) is 83.8 Å². The van der Waals surface area contributed by atoms with Gasteiger partial charge < -0.3 is 8.83 Å². The largest absolute Gasteiger partial charge is 0.455 e. The zero-order valence-corrected chi connectivity index (χ0v) is 26.7. The second-order valence-electron chi connectivity index (χ2n) is 12.4. The zero-order chi connectivity index (χ0) is 33.0. The number of pyridine rings is 1. The number of fused-ring (bicyclic) bond motifs is 6. The Labute approximate surface area is 287 Å². The van der Waals surface area contributed by atoms with E-state index in [9.17, 15) is 0 Å². The van der Waals surface area contributed by atoms with E-state index in [0.717, 1.165) is 94.3 Å². The summed E-state index contributed by atoms with van der Waals surface area (Å²) in [4.78, 5) is 14.8. The molecule has 0 fully saturated rings. The Balaban J connectivity index is 1.20. The number of hydrogen-bond acceptors (Lipinski definition) is 5. The molecule has 0 radical (unpaired) electrons. The monoisotopic (exact) mass is 641 g/mol. The summed E-state index contributed by atoms with van der Waals surface area (Å²) in [6.45, 7) is 0. The first kappa shape index (κ1) is 28.2. The molecule has 0 saturated carbocycles. The van der Waals surface area contributed by atoms with Crippen molar-refractivity contribution in [1.29, 1.82) is 0 Å². The van der Waals surface area contributed by atoms with E-state index >= 15 is 0 Å². The van der Waals surface area contributed by atoms with E-state index in [1.165, 1.54) is 0 Å². The molecule has 0 aliphatic rings. The van der Waals surface area contributed by atoms with Crippen molar-refractivity contribution in [3.05, 3.63) is 164 Å². The minimum absolute atomic E-state index is 0.656. The average Bonchev–Trinajstić information content (AvgIpc) is 3.78. The number of benzene rings is 6. The smallest absolute Gasteiger partial charge is 0.160 e. The normalized spacial score (nSPS) is 11.6. The summed E-state index contributed by atoms with van der Waals surface area (Å²) in [5.41, 5.74) is 11.8.